The lowest BCUT2D eigenvalue weighted by atomic mass is 9.93. The first-order valence-corrected chi connectivity index (χ1v) is 13.1. The fourth-order valence-electron chi connectivity index (χ4n) is 5.78. The predicted octanol–water partition coefficient (Wildman–Crippen LogP) is 4.16. The number of hydrogen-bond donors (Lipinski definition) is 1. The summed E-state index contributed by atoms with van der Waals surface area (Å²) in [5.74, 6) is -1.05. The van der Waals surface area contributed by atoms with E-state index in [1.807, 2.05) is 23.1 Å². The van der Waals surface area contributed by atoms with E-state index in [9.17, 15) is 9.59 Å². The Labute approximate surface area is 218 Å². The topological polar surface area (TPSA) is 106 Å². The number of aromatic nitrogens is 4. The van der Waals surface area contributed by atoms with Crippen LogP contribution in [0.25, 0.3) is 16.9 Å². The lowest BCUT2D eigenvalue weighted by molar-refractivity contribution is -0.119. The van der Waals surface area contributed by atoms with Gasteiger partial charge in [-0.15, -0.1) is 0 Å². The first-order chi connectivity index (χ1) is 18.4. The summed E-state index contributed by atoms with van der Waals surface area (Å²) < 4.78 is 16.9. The van der Waals surface area contributed by atoms with Gasteiger partial charge in [0, 0.05) is 47.9 Å². The molecular formula is C29H27FN6O2. The minimum atomic E-state index is -0.460. The quantitative estimate of drug-likeness (QED) is 0.434. The van der Waals surface area contributed by atoms with Gasteiger partial charge in [-0.25, -0.2) is 13.9 Å². The van der Waals surface area contributed by atoms with Gasteiger partial charge in [0.2, 0.25) is 5.91 Å². The number of fused-ring (bicyclic) bond motifs is 2. The number of halogens is 1. The van der Waals surface area contributed by atoms with Gasteiger partial charge in [0.1, 0.15) is 11.5 Å². The number of carbonyl (C=O) groups excluding carboxylic acids is 2. The molecule has 0 bridgehead atoms. The summed E-state index contributed by atoms with van der Waals surface area (Å²) in [7, 11) is 0. The van der Waals surface area contributed by atoms with Gasteiger partial charge >= 0.3 is 0 Å². The van der Waals surface area contributed by atoms with Crippen LogP contribution < -0.4 is 5.73 Å². The summed E-state index contributed by atoms with van der Waals surface area (Å²) >= 11 is 0. The maximum absolute atomic E-state index is 15.2. The average molecular weight is 511 g/mol. The minimum Gasteiger partial charge on any atom is -0.369 e. The van der Waals surface area contributed by atoms with Crippen LogP contribution in [0.1, 0.15) is 77.1 Å². The number of carbonyl (C=O) groups is 2. The number of hydrogen-bond acceptors (Lipinski definition) is 5. The predicted molar refractivity (Wildman–Crippen MR) is 138 cm³/mol. The zero-order valence-electron chi connectivity index (χ0n) is 21.0. The highest BCUT2D eigenvalue weighted by atomic mass is 19.1. The molecule has 1 aliphatic heterocycles. The molecular weight excluding hydrogens is 483 g/mol. The second kappa shape index (κ2) is 8.44. The summed E-state index contributed by atoms with van der Waals surface area (Å²) in [6, 6.07) is 13.1. The van der Waals surface area contributed by atoms with Crippen molar-refractivity contribution in [2.24, 2.45) is 11.7 Å². The molecule has 3 aromatic heterocycles. The Morgan fingerprint density at radius 2 is 1.95 bits per heavy atom. The van der Waals surface area contributed by atoms with E-state index < -0.39 is 5.82 Å². The number of nitrogens with zero attached hydrogens (tertiary/aromatic N) is 5. The van der Waals surface area contributed by atoms with Gasteiger partial charge in [-0.1, -0.05) is 24.3 Å². The fraction of sp³-hybridized carbons (Fsp3) is 0.345. The summed E-state index contributed by atoms with van der Waals surface area (Å²) in [6.07, 6.45) is 4.90. The third-order valence-electron chi connectivity index (χ3n) is 8.21. The molecule has 9 heteroatoms. The third kappa shape index (κ3) is 3.76. The van der Waals surface area contributed by atoms with E-state index >= 15 is 4.39 Å². The smallest absolute Gasteiger partial charge is 0.273 e. The molecule has 4 heterocycles. The Hall–Kier alpha value is -4.14. The zero-order chi connectivity index (χ0) is 26.1. The van der Waals surface area contributed by atoms with Gasteiger partial charge in [-0.3, -0.25) is 14.6 Å². The summed E-state index contributed by atoms with van der Waals surface area (Å²) in [5.41, 5.74) is 10.8. The molecule has 4 aromatic rings. The van der Waals surface area contributed by atoms with Crippen molar-refractivity contribution in [1.29, 1.82) is 0 Å². The standard InChI is InChI=1S/C29H27FN6O2/c1-15-18-5-3-2-4-16(18)8-9-35(15)29(38)25-12-26(17-6-7-17)36-27(33-25)13-24(34-36)21-14-32-23(11-22(21)30)19-10-20(19)28(31)37/h2-5,11-15,17,19-20H,6-10H2,1H3,(H2,31,37)/t15-,19-,20-/m1/s1. The van der Waals surface area contributed by atoms with Crippen molar-refractivity contribution in [3.8, 4) is 11.3 Å². The number of benzene rings is 1. The molecule has 2 N–H and O–H groups in total. The lowest BCUT2D eigenvalue weighted by Gasteiger charge is -2.35. The van der Waals surface area contributed by atoms with E-state index in [0.29, 0.717) is 41.6 Å². The zero-order valence-corrected chi connectivity index (χ0v) is 21.0. The van der Waals surface area contributed by atoms with Crippen molar-refractivity contribution in [3.63, 3.8) is 0 Å². The number of nitrogens with two attached hydrogens (primary N) is 1. The van der Waals surface area contributed by atoms with Crippen LogP contribution in [0.3, 0.4) is 0 Å². The van der Waals surface area contributed by atoms with E-state index in [2.05, 4.69) is 34.1 Å². The van der Waals surface area contributed by atoms with E-state index in [0.717, 1.165) is 25.0 Å². The molecule has 8 nitrogen and oxygen atoms in total. The Bertz CT molecular complexity index is 1630. The molecule has 1 aromatic carbocycles. The highest BCUT2D eigenvalue weighted by molar-refractivity contribution is 5.93. The highest BCUT2D eigenvalue weighted by Crippen LogP contribution is 2.47. The van der Waals surface area contributed by atoms with E-state index in [4.69, 9.17) is 5.73 Å². The van der Waals surface area contributed by atoms with Gasteiger partial charge < -0.3 is 10.6 Å². The van der Waals surface area contributed by atoms with Crippen molar-refractivity contribution in [2.45, 2.75) is 50.5 Å². The highest BCUT2D eigenvalue weighted by Gasteiger charge is 2.44. The van der Waals surface area contributed by atoms with Gasteiger partial charge in [-0.2, -0.15) is 5.10 Å². The van der Waals surface area contributed by atoms with Crippen molar-refractivity contribution >= 4 is 17.5 Å². The lowest BCUT2D eigenvalue weighted by Crippen LogP contribution is -2.39. The maximum Gasteiger partial charge on any atom is 0.273 e. The molecule has 0 radical (unpaired) electrons. The summed E-state index contributed by atoms with van der Waals surface area (Å²) in [4.78, 5) is 36.1. The second-order valence-corrected chi connectivity index (χ2v) is 10.7. The van der Waals surface area contributed by atoms with Crippen molar-refractivity contribution < 1.29 is 14.0 Å². The van der Waals surface area contributed by atoms with Crippen LogP contribution in [0.15, 0.2) is 48.7 Å². The van der Waals surface area contributed by atoms with Crippen LogP contribution in [0.4, 0.5) is 4.39 Å². The Balaban J connectivity index is 1.23. The van der Waals surface area contributed by atoms with Gasteiger partial charge in [-0.05, 0) is 55.9 Å². The number of pyridine rings is 1. The van der Waals surface area contributed by atoms with Gasteiger partial charge in [0.25, 0.3) is 5.91 Å². The molecule has 0 saturated heterocycles. The SMILES string of the molecule is C[C@@H]1c2ccccc2CCN1C(=O)c1cc(C2CC2)n2nc(-c3cnc([C@@H]4C[C@H]4C(N)=O)cc3F)cc2n1. The Kier molecular flexibility index (Phi) is 5.11. The molecule has 38 heavy (non-hydrogen) atoms. The Morgan fingerprint density at radius 3 is 2.68 bits per heavy atom. The number of rotatable bonds is 5. The molecule has 2 fully saturated rings. The average Bonchev–Trinajstić information content (AvgIpc) is 3.84. The molecule has 3 atom stereocenters. The van der Waals surface area contributed by atoms with Crippen LogP contribution >= 0.6 is 0 Å². The van der Waals surface area contributed by atoms with Crippen LogP contribution in [0.5, 0.6) is 0 Å². The maximum atomic E-state index is 15.2. The Morgan fingerprint density at radius 1 is 1.13 bits per heavy atom. The van der Waals surface area contributed by atoms with Crippen molar-refractivity contribution in [1.82, 2.24) is 24.5 Å². The molecule has 0 spiro atoms. The molecule has 0 unspecified atom stereocenters. The first kappa shape index (κ1) is 23.0. The molecule has 3 aliphatic rings. The van der Waals surface area contributed by atoms with Crippen LogP contribution in [0, 0.1) is 11.7 Å². The minimum absolute atomic E-state index is 0.0466. The molecule has 192 valence electrons. The molecule has 2 saturated carbocycles. The van der Waals surface area contributed by atoms with Crippen LogP contribution in [-0.4, -0.2) is 42.8 Å². The van der Waals surface area contributed by atoms with E-state index in [1.54, 1.807) is 10.6 Å². The van der Waals surface area contributed by atoms with E-state index in [1.165, 1.54) is 23.4 Å². The first-order valence-electron chi connectivity index (χ1n) is 13.1. The van der Waals surface area contributed by atoms with Gasteiger partial charge in [0.15, 0.2) is 5.65 Å². The summed E-state index contributed by atoms with van der Waals surface area (Å²) in [5, 5.41) is 4.67. The van der Waals surface area contributed by atoms with Crippen molar-refractivity contribution in [2.75, 3.05) is 6.54 Å². The van der Waals surface area contributed by atoms with Crippen molar-refractivity contribution in [3.05, 3.63) is 82.7 Å². The largest absolute Gasteiger partial charge is 0.369 e. The fourth-order valence-corrected chi connectivity index (χ4v) is 5.78. The van der Waals surface area contributed by atoms with Gasteiger partial charge in [0.05, 0.1) is 17.3 Å². The number of primary amides is 1. The normalized spacial score (nSPS) is 22.4. The van der Waals surface area contributed by atoms with E-state index in [-0.39, 0.29) is 35.3 Å². The van der Waals surface area contributed by atoms with Crippen LogP contribution in [-0.2, 0) is 11.2 Å². The molecule has 2 amide bonds. The molecule has 2 aliphatic carbocycles. The molecule has 7 rings (SSSR count). The van der Waals surface area contributed by atoms with Crippen LogP contribution in [0.2, 0.25) is 0 Å². The third-order valence-corrected chi connectivity index (χ3v) is 8.21. The second-order valence-electron chi connectivity index (χ2n) is 10.7. The monoisotopic (exact) mass is 510 g/mol. The summed E-state index contributed by atoms with van der Waals surface area (Å²) in [6.45, 7) is 2.69. The number of amides is 2.